The van der Waals surface area contributed by atoms with E-state index in [1.54, 1.807) is 24.3 Å². The molecule has 0 spiro atoms. The van der Waals surface area contributed by atoms with Crippen LogP contribution >= 0.6 is 0 Å². The van der Waals surface area contributed by atoms with Gasteiger partial charge in [0, 0.05) is 12.5 Å². The molecule has 0 fully saturated rings. The third-order valence-corrected chi connectivity index (χ3v) is 4.71. The van der Waals surface area contributed by atoms with Crippen LogP contribution < -0.4 is 10.1 Å². The van der Waals surface area contributed by atoms with Crippen LogP contribution in [0.4, 0.5) is 0 Å². The third kappa shape index (κ3) is 4.76. The Morgan fingerprint density at radius 3 is 2.57 bits per heavy atom. The maximum atomic E-state index is 12.3. The zero-order valence-electron chi connectivity index (χ0n) is 15.9. The lowest BCUT2D eigenvalue weighted by Gasteiger charge is -2.23. The van der Waals surface area contributed by atoms with Crippen molar-refractivity contribution in [3.05, 3.63) is 65.2 Å². The summed E-state index contributed by atoms with van der Waals surface area (Å²) in [5.74, 6) is -0.448. The molecule has 1 heterocycles. The molecular weight excluding hydrogens is 358 g/mol. The summed E-state index contributed by atoms with van der Waals surface area (Å²) in [6, 6.07) is 14.3. The van der Waals surface area contributed by atoms with E-state index in [9.17, 15) is 14.4 Å². The summed E-state index contributed by atoms with van der Waals surface area (Å²) in [6.45, 7) is 3.26. The van der Waals surface area contributed by atoms with Gasteiger partial charge >= 0.3 is 5.97 Å². The molecule has 28 heavy (non-hydrogen) atoms. The monoisotopic (exact) mass is 381 g/mol. The lowest BCUT2D eigenvalue weighted by molar-refractivity contribution is -0.148. The number of carbonyl (C=O) groups excluding carboxylic acids is 3. The normalized spacial score (nSPS) is 16.3. The predicted octanol–water partition coefficient (Wildman–Crippen LogP) is 2.86. The summed E-state index contributed by atoms with van der Waals surface area (Å²) in [4.78, 5) is 35.7. The van der Waals surface area contributed by atoms with E-state index < -0.39 is 11.9 Å². The van der Waals surface area contributed by atoms with Crippen LogP contribution in [0.3, 0.4) is 0 Å². The summed E-state index contributed by atoms with van der Waals surface area (Å²) in [5.41, 5.74) is 2.31. The highest BCUT2D eigenvalue weighted by atomic mass is 16.5. The van der Waals surface area contributed by atoms with Crippen LogP contribution in [0.15, 0.2) is 48.5 Å². The fourth-order valence-electron chi connectivity index (χ4n) is 3.16. The molecule has 0 saturated heterocycles. The quantitative estimate of drug-likeness (QED) is 0.615. The number of para-hydroxylation sites is 1. The molecule has 0 aliphatic carbocycles. The first kappa shape index (κ1) is 19.6. The van der Waals surface area contributed by atoms with Gasteiger partial charge in [-0.25, -0.2) is 0 Å². The zero-order valence-corrected chi connectivity index (χ0v) is 15.9. The number of esters is 1. The van der Waals surface area contributed by atoms with Crippen molar-refractivity contribution in [2.45, 2.75) is 26.3 Å². The van der Waals surface area contributed by atoms with Crippen molar-refractivity contribution in [2.24, 2.45) is 5.92 Å². The average Bonchev–Trinajstić information content (AvgIpc) is 2.71. The number of Topliss-reactive ketones (excluding diaryl/α,β-unsaturated/α-hetero) is 1. The molecule has 1 N–H and O–H groups in total. The van der Waals surface area contributed by atoms with E-state index >= 15 is 0 Å². The summed E-state index contributed by atoms with van der Waals surface area (Å²) < 4.78 is 10.8. The average molecular weight is 381 g/mol. The number of amides is 1. The molecule has 2 aromatic rings. The van der Waals surface area contributed by atoms with Gasteiger partial charge < -0.3 is 14.8 Å². The first-order valence-electron chi connectivity index (χ1n) is 9.21. The number of carbonyl (C=O) groups is 3. The molecule has 1 aliphatic rings. The zero-order chi connectivity index (χ0) is 20.1. The molecular formula is C22H23NO5. The van der Waals surface area contributed by atoms with E-state index in [1.165, 1.54) is 6.92 Å². The smallest absolute Gasteiger partial charge is 0.313 e. The van der Waals surface area contributed by atoms with Crippen molar-refractivity contribution in [3.8, 4) is 5.75 Å². The molecule has 2 aromatic carbocycles. The Labute approximate surface area is 163 Å². The van der Waals surface area contributed by atoms with Gasteiger partial charge in [-0.2, -0.15) is 0 Å². The van der Waals surface area contributed by atoms with Crippen molar-refractivity contribution < 1.29 is 23.9 Å². The molecule has 0 saturated carbocycles. The van der Waals surface area contributed by atoms with E-state index in [1.807, 2.05) is 31.2 Å². The molecule has 1 aliphatic heterocycles. The van der Waals surface area contributed by atoms with Gasteiger partial charge in [0.05, 0.1) is 12.0 Å². The van der Waals surface area contributed by atoms with Crippen molar-refractivity contribution >= 4 is 17.7 Å². The first-order chi connectivity index (χ1) is 13.4. The van der Waals surface area contributed by atoms with Gasteiger partial charge in [0.1, 0.15) is 12.4 Å². The lowest BCUT2D eigenvalue weighted by Crippen LogP contribution is -2.31. The van der Waals surface area contributed by atoms with Gasteiger partial charge in [-0.3, -0.25) is 14.4 Å². The summed E-state index contributed by atoms with van der Waals surface area (Å²) in [7, 11) is 0. The molecule has 6 nitrogen and oxygen atoms in total. The number of nitrogens with one attached hydrogen (secondary N) is 1. The fraction of sp³-hybridized carbons (Fsp3) is 0.318. The van der Waals surface area contributed by atoms with E-state index in [0.29, 0.717) is 12.0 Å². The molecule has 0 radical (unpaired) electrons. The third-order valence-electron chi connectivity index (χ3n) is 4.71. The SMILES string of the molecule is CC(=O)N[C@@H](C)c1ccc(C(=O)COC(=O)[C@@H]2COc3ccccc3C2)cc1. The number of hydrogen-bond acceptors (Lipinski definition) is 5. The van der Waals surface area contributed by atoms with Crippen molar-refractivity contribution in [1.29, 1.82) is 0 Å². The highest BCUT2D eigenvalue weighted by Gasteiger charge is 2.27. The number of ketones is 1. The van der Waals surface area contributed by atoms with Gasteiger partial charge in [-0.1, -0.05) is 42.5 Å². The lowest BCUT2D eigenvalue weighted by atomic mass is 9.97. The van der Waals surface area contributed by atoms with Crippen LogP contribution in [0.1, 0.15) is 41.4 Å². The van der Waals surface area contributed by atoms with Crippen LogP contribution in [-0.2, 0) is 20.7 Å². The van der Waals surface area contributed by atoms with Crippen LogP contribution in [0.25, 0.3) is 0 Å². The second-order valence-corrected chi connectivity index (χ2v) is 6.89. The minimum Gasteiger partial charge on any atom is -0.492 e. The van der Waals surface area contributed by atoms with Crippen LogP contribution in [0, 0.1) is 5.92 Å². The van der Waals surface area contributed by atoms with Crippen LogP contribution in [-0.4, -0.2) is 30.9 Å². The first-order valence-corrected chi connectivity index (χ1v) is 9.21. The van der Waals surface area contributed by atoms with Crippen LogP contribution in [0.5, 0.6) is 5.75 Å². The molecule has 0 aromatic heterocycles. The van der Waals surface area contributed by atoms with Gasteiger partial charge in [-0.15, -0.1) is 0 Å². The Kier molecular flexibility index (Phi) is 6.09. The topological polar surface area (TPSA) is 81.7 Å². The van der Waals surface area contributed by atoms with Crippen molar-refractivity contribution in [2.75, 3.05) is 13.2 Å². The molecule has 0 bridgehead atoms. The van der Waals surface area contributed by atoms with Crippen molar-refractivity contribution in [3.63, 3.8) is 0 Å². The molecule has 146 valence electrons. The number of hydrogen-bond donors (Lipinski definition) is 1. The van der Waals surface area contributed by atoms with Gasteiger partial charge in [0.15, 0.2) is 12.4 Å². The van der Waals surface area contributed by atoms with Gasteiger partial charge in [0.2, 0.25) is 5.91 Å². The molecule has 6 heteroatoms. The summed E-state index contributed by atoms with van der Waals surface area (Å²) >= 11 is 0. The van der Waals surface area contributed by atoms with E-state index in [0.717, 1.165) is 16.9 Å². The Hall–Kier alpha value is -3.15. The maximum absolute atomic E-state index is 12.3. The largest absolute Gasteiger partial charge is 0.492 e. The summed E-state index contributed by atoms with van der Waals surface area (Å²) in [6.07, 6.45) is 0.541. The van der Waals surface area contributed by atoms with E-state index in [2.05, 4.69) is 5.32 Å². The minimum absolute atomic E-state index is 0.117. The van der Waals surface area contributed by atoms with E-state index in [4.69, 9.17) is 9.47 Å². The van der Waals surface area contributed by atoms with Gasteiger partial charge in [0.25, 0.3) is 0 Å². The summed E-state index contributed by atoms with van der Waals surface area (Å²) in [5, 5.41) is 2.79. The number of ether oxygens (including phenoxy) is 2. The molecule has 1 amide bonds. The highest BCUT2D eigenvalue weighted by molar-refractivity contribution is 5.98. The molecule has 0 unspecified atom stereocenters. The second kappa shape index (κ2) is 8.69. The van der Waals surface area contributed by atoms with E-state index in [-0.39, 0.29) is 30.9 Å². The highest BCUT2D eigenvalue weighted by Crippen LogP contribution is 2.27. The Morgan fingerprint density at radius 2 is 1.86 bits per heavy atom. The number of benzene rings is 2. The number of rotatable bonds is 6. The number of fused-ring (bicyclic) bond motifs is 1. The minimum atomic E-state index is -0.432. The molecule has 2 atom stereocenters. The Bertz CT molecular complexity index is 875. The van der Waals surface area contributed by atoms with Crippen LogP contribution in [0.2, 0.25) is 0 Å². The maximum Gasteiger partial charge on any atom is 0.313 e. The Balaban J connectivity index is 1.52. The second-order valence-electron chi connectivity index (χ2n) is 6.89. The fourth-order valence-corrected chi connectivity index (χ4v) is 3.16. The molecule has 3 rings (SSSR count). The van der Waals surface area contributed by atoms with Gasteiger partial charge in [-0.05, 0) is 30.5 Å². The Morgan fingerprint density at radius 1 is 1.14 bits per heavy atom. The van der Waals surface area contributed by atoms with Crippen molar-refractivity contribution in [1.82, 2.24) is 5.32 Å². The predicted molar refractivity (Wildman–Crippen MR) is 103 cm³/mol. The standard InChI is InChI=1S/C22H23NO5/c1-14(23-15(2)24)16-7-9-17(10-8-16)20(25)13-28-22(26)19-11-18-5-3-4-6-21(18)27-12-19/h3-10,14,19H,11-13H2,1-2H3,(H,23,24)/t14-,19-/m0/s1.